The largest absolute Gasteiger partial charge is 0.494 e. The van der Waals surface area contributed by atoms with Crippen molar-refractivity contribution in [2.75, 3.05) is 60.8 Å². The first-order valence-electron chi connectivity index (χ1n) is 13.8. The first-order valence-corrected chi connectivity index (χ1v) is 13.8. The summed E-state index contributed by atoms with van der Waals surface area (Å²) in [7, 11) is 3.75. The molecular weight excluding hydrogens is 544 g/mol. The molecule has 0 radical (unpaired) electrons. The van der Waals surface area contributed by atoms with Crippen LogP contribution in [0.2, 0.25) is 0 Å². The van der Waals surface area contributed by atoms with Crippen molar-refractivity contribution in [2.24, 2.45) is 5.73 Å². The van der Waals surface area contributed by atoms with E-state index in [1.165, 1.54) is 11.2 Å². The van der Waals surface area contributed by atoms with E-state index in [4.69, 9.17) is 10.5 Å². The quantitative estimate of drug-likeness (QED) is 0.241. The number of aromatic nitrogens is 2. The minimum absolute atomic E-state index is 0.127. The van der Waals surface area contributed by atoms with Gasteiger partial charge in [0.15, 0.2) is 0 Å². The molecule has 220 valence electrons. The van der Waals surface area contributed by atoms with Gasteiger partial charge in [0.2, 0.25) is 5.91 Å². The Morgan fingerprint density at radius 3 is 2.44 bits per heavy atom. The Labute approximate surface area is 250 Å². The lowest BCUT2D eigenvalue weighted by atomic mass is 10.1. The number of anilines is 6. The molecule has 3 aromatic carbocycles. The number of nitrogens with zero attached hydrogens (tertiary/aromatic N) is 5. The fourth-order valence-corrected chi connectivity index (χ4v) is 4.75. The number of ether oxygens (including phenoxy) is 1. The first-order chi connectivity index (χ1) is 20.8. The van der Waals surface area contributed by atoms with Crippen LogP contribution in [0.5, 0.6) is 5.75 Å². The van der Waals surface area contributed by atoms with Crippen molar-refractivity contribution < 1.29 is 14.3 Å². The number of piperazine rings is 1. The molecule has 43 heavy (non-hydrogen) atoms. The number of primary amides is 1. The predicted molar refractivity (Wildman–Crippen MR) is 170 cm³/mol. The van der Waals surface area contributed by atoms with Crippen LogP contribution in [0.1, 0.15) is 5.56 Å². The van der Waals surface area contributed by atoms with Crippen molar-refractivity contribution in [3.05, 3.63) is 97.3 Å². The first kappa shape index (κ1) is 29.1. The number of nitrogens with one attached hydrogen (secondary N) is 2. The molecule has 5 rings (SSSR count). The van der Waals surface area contributed by atoms with E-state index in [1.807, 2.05) is 30.3 Å². The summed E-state index contributed by atoms with van der Waals surface area (Å²) in [5, 5.41) is 6.21. The van der Waals surface area contributed by atoms with Crippen molar-refractivity contribution in [3.63, 3.8) is 0 Å². The highest BCUT2D eigenvalue weighted by Crippen LogP contribution is 2.34. The van der Waals surface area contributed by atoms with Crippen LogP contribution >= 0.6 is 0 Å². The molecule has 1 aliphatic rings. The lowest BCUT2D eigenvalue weighted by Crippen LogP contribution is -2.44. The summed E-state index contributed by atoms with van der Waals surface area (Å²) in [6.07, 6.45) is 1.37. The highest BCUT2D eigenvalue weighted by atomic mass is 16.5. The predicted octanol–water partition coefficient (Wildman–Crippen LogP) is 4.85. The zero-order chi connectivity index (χ0) is 30.3. The van der Waals surface area contributed by atoms with Crippen LogP contribution in [0, 0.1) is 0 Å². The number of hydrogen-bond donors (Lipinski definition) is 3. The van der Waals surface area contributed by atoms with Crippen molar-refractivity contribution in [2.45, 2.75) is 0 Å². The van der Waals surface area contributed by atoms with Crippen LogP contribution in [-0.4, -0.2) is 67.1 Å². The summed E-state index contributed by atoms with van der Waals surface area (Å²) in [6.45, 7) is 7.66. The van der Waals surface area contributed by atoms with E-state index in [2.05, 4.69) is 50.1 Å². The fourth-order valence-electron chi connectivity index (χ4n) is 4.75. The molecule has 0 spiro atoms. The van der Waals surface area contributed by atoms with Crippen molar-refractivity contribution in [1.82, 2.24) is 14.9 Å². The Hall–Kier alpha value is -5.42. The summed E-state index contributed by atoms with van der Waals surface area (Å²) >= 11 is 0. The van der Waals surface area contributed by atoms with Crippen LogP contribution < -0.4 is 30.9 Å². The van der Waals surface area contributed by atoms with E-state index in [1.54, 1.807) is 49.6 Å². The standard InChI is InChI=1S/C32H34N8O3/c1-22(31(33)41)23-8-7-11-26(18-23)40(32(42)36-24-9-5-4-6-10-24)30-20-29(34-21-35-30)37-27-13-12-25(19-28(27)43-3)39-16-14-38(2)15-17-39/h4-13,18-21H,1,14-17H2,2-3H3,(H2,33,41)(H,36,42)(H,34,35,37). The number of methoxy groups -OCH3 is 1. The molecule has 0 atom stereocenters. The zero-order valence-electron chi connectivity index (χ0n) is 24.2. The van der Waals surface area contributed by atoms with E-state index < -0.39 is 11.9 Å². The van der Waals surface area contributed by atoms with Gasteiger partial charge in [0.1, 0.15) is 23.7 Å². The number of amides is 3. The smallest absolute Gasteiger partial charge is 0.332 e. The maximum absolute atomic E-state index is 13.7. The Morgan fingerprint density at radius 1 is 0.953 bits per heavy atom. The van der Waals surface area contributed by atoms with Crippen LogP contribution in [-0.2, 0) is 4.79 Å². The third-order valence-electron chi connectivity index (χ3n) is 7.18. The Bertz CT molecular complexity index is 1620. The number of hydrogen-bond acceptors (Lipinski definition) is 8. The van der Waals surface area contributed by atoms with Gasteiger partial charge < -0.3 is 30.9 Å². The molecule has 2 heterocycles. The van der Waals surface area contributed by atoms with Gasteiger partial charge in [0.05, 0.1) is 18.5 Å². The molecule has 1 fully saturated rings. The molecule has 1 aliphatic heterocycles. The molecule has 11 nitrogen and oxygen atoms in total. The van der Waals surface area contributed by atoms with E-state index in [9.17, 15) is 9.59 Å². The zero-order valence-corrected chi connectivity index (χ0v) is 24.2. The van der Waals surface area contributed by atoms with Gasteiger partial charge in [-0.05, 0) is 49.0 Å². The Balaban J connectivity index is 1.46. The molecule has 4 N–H and O–H groups in total. The molecule has 1 saturated heterocycles. The highest BCUT2D eigenvalue weighted by Gasteiger charge is 2.22. The van der Waals surface area contributed by atoms with Crippen LogP contribution in [0.25, 0.3) is 5.57 Å². The maximum Gasteiger partial charge on any atom is 0.332 e. The van der Waals surface area contributed by atoms with Gasteiger partial charge in [-0.15, -0.1) is 0 Å². The topological polar surface area (TPSA) is 129 Å². The Morgan fingerprint density at radius 2 is 1.72 bits per heavy atom. The van der Waals surface area contributed by atoms with Gasteiger partial charge in [-0.3, -0.25) is 4.79 Å². The normalized spacial score (nSPS) is 13.2. The number of carbonyl (C=O) groups excluding carboxylic acids is 2. The van der Waals surface area contributed by atoms with Gasteiger partial charge in [-0.25, -0.2) is 19.7 Å². The van der Waals surface area contributed by atoms with E-state index in [-0.39, 0.29) is 5.57 Å². The van der Waals surface area contributed by atoms with Gasteiger partial charge in [0, 0.05) is 55.3 Å². The molecule has 0 unspecified atom stereocenters. The second-order valence-corrected chi connectivity index (χ2v) is 10.1. The molecular formula is C32H34N8O3. The molecule has 11 heteroatoms. The second kappa shape index (κ2) is 13.0. The molecule has 3 amide bonds. The van der Waals surface area contributed by atoms with Crippen LogP contribution in [0.4, 0.5) is 39.2 Å². The van der Waals surface area contributed by atoms with Crippen LogP contribution in [0.3, 0.4) is 0 Å². The minimum atomic E-state index is -0.654. The third kappa shape index (κ3) is 6.91. The van der Waals surface area contributed by atoms with Gasteiger partial charge in [0.25, 0.3) is 0 Å². The Kier molecular flexibility index (Phi) is 8.82. The lowest BCUT2D eigenvalue weighted by Gasteiger charge is -2.34. The summed E-state index contributed by atoms with van der Waals surface area (Å²) in [4.78, 5) is 40.3. The average molecular weight is 579 g/mol. The van der Waals surface area contributed by atoms with Crippen molar-refractivity contribution in [1.29, 1.82) is 0 Å². The average Bonchev–Trinajstić information content (AvgIpc) is 3.02. The molecule has 0 bridgehead atoms. The van der Waals surface area contributed by atoms with Crippen molar-refractivity contribution >= 4 is 51.9 Å². The number of nitrogens with two attached hydrogens (primary N) is 1. The summed E-state index contributed by atoms with van der Waals surface area (Å²) in [6, 6.07) is 23.1. The van der Waals surface area contributed by atoms with E-state index in [0.29, 0.717) is 40.0 Å². The van der Waals surface area contributed by atoms with Crippen molar-refractivity contribution in [3.8, 4) is 5.75 Å². The fraction of sp³-hybridized carbons (Fsp3) is 0.188. The molecule has 1 aromatic heterocycles. The molecule has 0 saturated carbocycles. The van der Waals surface area contributed by atoms with Crippen LogP contribution in [0.15, 0.2) is 91.8 Å². The monoisotopic (exact) mass is 578 g/mol. The number of likely N-dealkylation sites (N-methyl/N-ethyl adjacent to an activating group) is 1. The molecule has 0 aliphatic carbocycles. The van der Waals surface area contributed by atoms with Gasteiger partial charge in [-0.2, -0.15) is 0 Å². The van der Waals surface area contributed by atoms with Gasteiger partial charge in [-0.1, -0.05) is 36.9 Å². The minimum Gasteiger partial charge on any atom is -0.494 e. The maximum atomic E-state index is 13.7. The lowest BCUT2D eigenvalue weighted by molar-refractivity contribution is -0.112. The number of rotatable bonds is 9. The number of carbonyl (C=O) groups is 2. The summed E-state index contributed by atoms with van der Waals surface area (Å²) in [5.74, 6) is 0.748. The number of para-hydroxylation sites is 1. The van der Waals surface area contributed by atoms with E-state index >= 15 is 0 Å². The summed E-state index contributed by atoms with van der Waals surface area (Å²) in [5.41, 5.74) is 8.93. The third-order valence-corrected chi connectivity index (χ3v) is 7.18. The number of urea groups is 1. The highest BCUT2D eigenvalue weighted by molar-refractivity contribution is 6.18. The summed E-state index contributed by atoms with van der Waals surface area (Å²) < 4.78 is 5.71. The van der Waals surface area contributed by atoms with E-state index in [0.717, 1.165) is 31.9 Å². The van der Waals surface area contributed by atoms with Gasteiger partial charge >= 0.3 is 6.03 Å². The molecule has 4 aromatic rings. The SMILES string of the molecule is C=C(C(N)=O)c1cccc(N(C(=O)Nc2ccccc2)c2cc(Nc3ccc(N4CCN(C)CC4)cc3OC)ncn2)c1. The number of benzene rings is 3. The second-order valence-electron chi connectivity index (χ2n) is 10.1.